The van der Waals surface area contributed by atoms with Gasteiger partial charge in [0.1, 0.15) is 0 Å². The molecule has 1 aliphatic heterocycles. The molecule has 2 atom stereocenters. The SMILES string of the molecule is CC1CC(N(C(=O)C(C)(C)C)c2ccccc2)c2ccccc2N1. The first-order valence-electron chi connectivity index (χ1n) is 8.62. The summed E-state index contributed by atoms with van der Waals surface area (Å²) >= 11 is 0. The Morgan fingerprint density at radius 1 is 1.04 bits per heavy atom. The summed E-state index contributed by atoms with van der Waals surface area (Å²) in [6.45, 7) is 8.14. The summed E-state index contributed by atoms with van der Waals surface area (Å²) in [6, 6.07) is 18.7. The van der Waals surface area contributed by atoms with Crippen molar-refractivity contribution in [1.29, 1.82) is 0 Å². The lowest BCUT2D eigenvalue weighted by atomic mass is 9.88. The largest absolute Gasteiger partial charge is 0.382 e. The van der Waals surface area contributed by atoms with Gasteiger partial charge in [-0.1, -0.05) is 57.2 Å². The fraction of sp³-hybridized carbons (Fsp3) is 0.381. The van der Waals surface area contributed by atoms with Gasteiger partial charge in [-0.3, -0.25) is 4.79 Å². The van der Waals surface area contributed by atoms with Gasteiger partial charge in [0.05, 0.1) is 6.04 Å². The highest BCUT2D eigenvalue weighted by Gasteiger charge is 2.37. The quantitative estimate of drug-likeness (QED) is 0.843. The molecule has 0 saturated heterocycles. The number of hydrogen-bond donors (Lipinski definition) is 1. The molecule has 0 saturated carbocycles. The van der Waals surface area contributed by atoms with Crippen LogP contribution in [0, 0.1) is 5.41 Å². The van der Waals surface area contributed by atoms with Crippen molar-refractivity contribution < 1.29 is 4.79 Å². The second kappa shape index (κ2) is 6.31. The molecule has 3 heteroatoms. The summed E-state index contributed by atoms with van der Waals surface area (Å²) in [5.74, 6) is 0.155. The lowest BCUT2D eigenvalue weighted by molar-refractivity contribution is -0.126. The highest BCUT2D eigenvalue weighted by Crippen LogP contribution is 2.40. The van der Waals surface area contributed by atoms with Gasteiger partial charge in [0.2, 0.25) is 5.91 Å². The van der Waals surface area contributed by atoms with Gasteiger partial charge in [-0.05, 0) is 37.1 Å². The molecule has 0 aromatic heterocycles. The van der Waals surface area contributed by atoms with Gasteiger partial charge in [0.15, 0.2) is 0 Å². The van der Waals surface area contributed by atoms with Crippen LogP contribution in [-0.2, 0) is 4.79 Å². The number of anilines is 2. The number of carbonyl (C=O) groups is 1. The van der Waals surface area contributed by atoms with E-state index in [4.69, 9.17) is 0 Å². The first-order valence-corrected chi connectivity index (χ1v) is 8.62. The van der Waals surface area contributed by atoms with Crippen LogP contribution in [-0.4, -0.2) is 11.9 Å². The number of fused-ring (bicyclic) bond motifs is 1. The Labute approximate surface area is 144 Å². The second-order valence-corrected chi connectivity index (χ2v) is 7.64. The van der Waals surface area contributed by atoms with Gasteiger partial charge < -0.3 is 10.2 Å². The van der Waals surface area contributed by atoms with Gasteiger partial charge in [-0.2, -0.15) is 0 Å². The van der Waals surface area contributed by atoms with Crippen molar-refractivity contribution in [3.63, 3.8) is 0 Å². The zero-order valence-corrected chi connectivity index (χ0v) is 14.9. The molecule has 0 fully saturated rings. The summed E-state index contributed by atoms with van der Waals surface area (Å²) in [4.78, 5) is 15.3. The highest BCUT2D eigenvalue weighted by molar-refractivity contribution is 5.98. The van der Waals surface area contributed by atoms with E-state index in [1.807, 2.05) is 68.1 Å². The van der Waals surface area contributed by atoms with Crippen molar-refractivity contribution in [2.24, 2.45) is 5.41 Å². The first kappa shape index (κ1) is 16.6. The Kier molecular flexibility index (Phi) is 4.35. The maximum absolute atomic E-state index is 13.3. The molecular formula is C21H26N2O. The minimum Gasteiger partial charge on any atom is -0.382 e. The first-order chi connectivity index (χ1) is 11.4. The van der Waals surface area contributed by atoms with E-state index in [0.29, 0.717) is 6.04 Å². The van der Waals surface area contributed by atoms with E-state index in [9.17, 15) is 4.79 Å². The number of amides is 1. The number of hydrogen-bond acceptors (Lipinski definition) is 2. The third-order valence-electron chi connectivity index (χ3n) is 4.50. The van der Waals surface area contributed by atoms with Crippen molar-refractivity contribution in [3.05, 3.63) is 60.2 Å². The van der Waals surface area contributed by atoms with Gasteiger partial charge >= 0.3 is 0 Å². The van der Waals surface area contributed by atoms with Crippen molar-refractivity contribution >= 4 is 17.3 Å². The number of para-hydroxylation sites is 2. The van der Waals surface area contributed by atoms with Crippen LogP contribution in [0.3, 0.4) is 0 Å². The van der Waals surface area contributed by atoms with E-state index in [1.165, 1.54) is 5.56 Å². The van der Waals surface area contributed by atoms with Crippen LogP contribution < -0.4 is 10.2 Å². The van der Waals surface area contributed by atoms with Crippen molar-refractivity contribution in [3.8, 4) is 0 Å². The molecule has 1 amide bonds. The molecule has 2 aromatic carbocycles. The predicted molar refractivity (Wildman–Crippen MR) is 100 cm³/mol. The van der Waals surface area contributed by atoms with E-state index in [2.05, 4.69) is 24.4 Å². The lowest BCUT2D eigenvalue weighted by Gasteiger charge is -2.41. The summed E-state index contributed by atoms with van der Waals surface area (Å²) in [5.41, 5.74) is 2.85. The van der Waals surface area contributed by atoms with E-state index < -0.39 is 5.41 Å². The van der Waals surface area contributed by atoms with Gasteiger partial charge in [0, 0.05) is 22.8 Å². The van der Waals surface area contributed by atoms with E-state index >= 15 is 0 Å². The van der Waals surface area contributed by atoms with Crippen LogP contribution in [0.15, 0.2) is 54.6 Å². The monoisotopic (exact) mass is 322 g/mol. The van der Waals surface area contributed by atoms with Crippen molar-refractivity contribution in [2.75, 3.05) is 10.2 Å². The van der Waals surface area contributed by atoms with Crippen LogP contribution in [0.25, 0.3) is 0 Å². The molecule has 1 N–H and O–H groups in total. The topological polar surface area (TPSA) is 32.3 Å². The second-order valence-electron chi connectivity index (χ2n) is 7.64. The number of benzene rings is 2. The molecular weight excluding hydrogens is 296 g/mol. The maximum atomic E-state index is 13.3. The van der Waals surface area contributed by atoms with Crippen LogP contribution in [0.1, 0.15) is 45.7 Å². The minimum absolute atomic E-state index is 0.0478. The molecule has 0 spiro atoms. The lowest BCUT2D eigenvalue weighted by Crippen LogP contribution is -2.45. The van der Waals surface area contributed by atoms with E-state index in [0.717, 1.165) is 17.8 Å². The summed E-state index contributed by atoms with van der Waals surface area (Å²) < 4.78 is 0. The average molecular weight is 322 g/mol. The predicted octanol–water partition coefficient (Wildman–Crippen LogP) is 5.01. The number of rotatable bonds is 2. The normalized spacial score (nSPS) is 20.0. The Morgan fingerprint density at radius 2 is 1.67 bits per heavy atom. The molecule has 24 heavy (non-hydrogen) atoms. The third-order valence-corrected chi connectivity index (χ3v) is 4.50. The summed E-state index contributed by atoms with van der Waals surface area (Å²) in [6.07, 6.45) is 0.897. The molecule has 1 heterocycles. The Hall–Kier alpha value is -2.29. The average Bonchev–Trinajstić information content (AvgIpc) is 2.55. The van der Waals surface area contributed by atoms with Gasteiger partial charge in [0.25, 0.3) is 0 Å². The molecule has 3 rings (SSSR count). The summed E-state index contributed by atoms with van der Waals surface area (Å²) in [5, 5.41) is 3.54. The fourth-order valence-corrected chi connectivity index (χ4v) is 3.34. The standard InChI is InChI=1S/C21H26N2O/c1-15-14-19(17-12-8-9-13-18(17)22-15)23(20(24)21(2,3)4)16-10-6-5-7-11-16/h5-13,15,19,22H,14H2,1-4H3. The molecule has 3 nitrogen and oxygen atoms in total. The Morgan fingerprint density at radius 3 is 2.33 bits per heavy atom. The molecule has 0 bridgehead atoms. The van der Waals surface area contributed by atoms with Crippen LogP contribution in [0.2, 0.25) is 0 Å². The molecule has 0 aliphatic carbocycles. The fourth-order valence-electron chi connectivity index (χ4n) is 3.34. The van der Waals surface area contributed by atoms with E-state index in [1.54, 1.807) is 0 Å². The molecule has 0 radical (unpaired) electrons. The number of carbonyl (C=O) groups excluding carboxylic acids is 1. The van der Waals surface area contributed by atoms with Gasteiger partial charge in [-0.15, -0.1) is 0 Å². The van der Waals surface area contributed by atoms with Crippen LogP contribution in [0.4, 0.5) is 11.4 Å². The number of nitrogens with one attached hydrogen (secondary N) is 1. The van der Waals surface area contributed by atoms with Crippen LogP contribution in [0.5, 0.6) is 0 Å². The zero-order valence-electron chi connectivity index (χ0n) is 14.9. The smallest absolute Gasteiger partial charge is 0.232 e. The zero-order chi connectivity index (χ0) is 17.3. The highest BCUT2D eigenvalue weighted by atomic mass is 16.2. The molecule has 126 valence electrons. The van der Waals surface area contributed by atoms with E-state index in [-0.39, 0.29) is 11.9 Å². The molecule has 2 unspecified atom stereocenters. The van der Waals surface area contributed by atoms with Gasteiger partial charge in [-0.25, -0.2) is 0 Å². The third kappa shape index (κ3) is 3.16. The maximum Gasteiger partial charge on any atom is 0.232 e. The molecule has 2 aromatic rings. The molecule has 1 aliphatic rings. The Bertz CT molecular complexity index is 718. The van der Waals surface area contributed by atoms with Crippen molar-refractivity contribution in [2.45, 2.75) is 46.2 Å². The number of nitrogens with zero attached hydrogens (tertiary/aromatic N) is 1. The Balaban J connectivity index is 2.11. The van der Waals surface area contributed by atoms with Crippen LogP contribution >= 0.6 is 0 Å². The summed E-state index contributed by atoms with van der Waals surface area (Å²) in [7, 11) is 0. The minimum atomic E-state index is -0.432. The van der Waals surface area contributed by atoms with Crippen molar-refractivity contribution in [1.82, 2.24) is 0 Å².